The van der Waals surface area contributed by atoms with Crippen molar-refractivity contribution in [2.75, 3.05) is 13.1 Å². The molecule has 1 fully saturated rings. The van der Waals surface area contributed by atoms with E-state index in [1.54, 1.807) is 11.0 Å². The lowest BCUT2D eigenvalue weighted by molar-refractivity contribution is -0.142. The first kappa shape index (κ1) is 14.8. The number of carboxylic acid groups (broad SMARTS) is 1. The topological polar surface area (TPSA) is 70.8 Å². The Kier molecular flexibility index (Phi) is 3.78. The Morgan fingerprint density at radius 1 is 1.27 bits per heavy atom. The highest BCUT2D eigenvalue weighted by molar-refractivity contribution is 7.17. The molecule has 3 rings (SSSR count). The van der Waals surface area contributed by atoms with Gasteiger partial charge in [-0.1, -0.05) is 6.92 Å². The van der Waals surface area contributed by atoms with E-state index in [-0.39, 0.29) is 18.4 Å². The van der Waals surface area contributed by atoms with Gasteiger partial charge in [0.2, 0.25) is 0 Å². The molecule has 6 heteroatoms. The zero-order valence-electron chi connectivity index (χ0n) is 12.4. The molecule has 1 saturated heterocycles. The summed E-state index contributed by atoms with van der Waals surface area (Å²) >= 11 is 1.37. The minimum absolute atomic E-state index is 0.0198. The first-order chi connectivity index (χ1) is 10.5. The molecule has 1 N–H and O–H groups in total. The third-order valence-corrected chi connectivity index (χ3v) is 5.10. The van der Waals surface area contributed by atoms with Crippen LogP contribution in [0.4, 0.5) is 0 Å². The van der Waals surface area contributed by atoms with Crippen molar-refractivity contribution in [2.24, 2.45) is 11.8 Å². The molecular weight excluding hydrogens is 302 g/mol. The number of aryl methyl sites for hydroxylation is 1. The second-order valence-corrected chi connectivity index (χ2v) is 6.79. The molecule has 1 aliphatic rings. The fraction of sp³-hybridized carbons (Fsp3) is 0.375. The highest BCUT2D eigenvalue weighted by atomic mass is 32.1. The Morgan fingerprint density at radius 3 is 2.64 bits per heavy atom. The molecule has 0 spiro atoms. The number of amides is 1. The summed E-state index contributed by atoms with van der Waals surface area (Å²) in [5.41, 5.74) is 0. The van der Waals surface area contributed by atoms with Crippen molar-refractivity contribution in [3.8, 4) is 10.6 Å². The summed E-state index contributed by atoms with van der Waals surface area (Å²) in [4.78, 5) is 26.8. The van der Waals surface area contributed by atoms with Gasteiger partial charge in [-0.25, -0.2) is 0 Å². The van der Waals surface area contributed by atoms with E-state index < -0.39 is 11.9 Å². The van der Waals surface area contributed by atoms with E-state index >= 15 is 0 Å². The molecule has 1 aliphatic heterocycles. The monoisotopic (exact) mass is 319 g/mol. The van der Waals surface area contributed by atoms with Crippen molar-refractivity contribution in [3.05, 3.63) is 34.9 Å². The summed E-state index contributed by atoms with van der Waals surface area (Å²) in [6.07, 6.45) is 0. The summed E-state index contributed by atoms with van der Waals surface area (Å²) in [6.45, 7) is 4.52. The van der Waals surface area contributed by atoms with Crippen molar-refractivity contribution in [1.82, 2.24) is 4.90 Å². The van der Waals surface area contributed by atoms with Crippen LogP contribution in [0, 0.1) is 18.8 Å². The van der Waals surface area contributed by atoms with Crippen molar-refractivity contribution in [1.29, 1.82) is 0 Å². The molecule has 2 aromatic rings. The van der Waals surface area contributed by atoms with Crippen LogP contribution in [0.3, 0.4) is 0 Å². The number of hydrogen-bond acceptors (Lipinski definition) is 4. The van der Waals surface area contributed by atoms with Crippen LogP contribution in [0.5, 0.6) is 0 Å². The van der Waals surface area contributed by atoms with Crippen LogP contribution in [-0.2, 0) is 4.79 Å². The average Bonchev–Trinajstić information content (AvgIpc) is 3.16. The number of rotatable bonds is 3. The largest absolute Gasteiger partial charge is 0.481 e. The molecule has 0 radical (unpaired) electrons. The van der Waals surface area contributed by atoms with Gasteiger partial charge in [0.25, 0.3) is 5.91 Å². The Labute approximate surface area is 132 Å². The molecule has 2 atom stereocenters. The van der Waals surface area contributed by atoms with E-state index in [4.69, 9.17) is 9.52 Å². The van der Waals surface area contributed by atoms with Gasteiger partial charge in [-0.2, -0.15) is 0 Å². The molecule has 116 valence electrons. The molecule has 0 bridgehead atoms. The van der Waals surface area contributed by atoms with Gasteiger partial charge in [-0.3, -0.25) is 9.59 Å². The fourth-order valence-electron chi connectivity index (χ4n) is 2.76. The standard InChI is InChI=1S/C16H17NO4S/c1-9-7-17(8-11(9)16(19)20)15(18)14-6-5-13(22-14)12-4-3-10(2)21-12/h3-6,9,11H,7-8H2,1-2H3,(H,19,20)/t9-,11-/m1/s1. The lowest BCUT2D eigenvalue weighted by Crippen LogP contribution is -2.29. The second kappa shape index (κ2) is 5.61. The molecule has 5 nitrogen and oxygen atoms in total. The van der Waals surface area contributed by atoms with Crippen molar-refractivity contribution in [2.45, 2.75) is 13.8 Å². The number of carbonyl (C=O) groups excluding carboxylic acids is 1. The lowest BCUT2D eigenvalue weighted by Gasteiger charge is -2.14. The van der Waals surface area contributed by atoms with Crippen LogP contribution in [0.25, 0.3) is 10.6 Å². The average molecular weight is 319 g/mol. The smallest absolute Gasteiger partial charge is 0.308 e. The number of aliphatic carboxylic acids is 1. The van der Waals surface area contributed by atoms with Gasteiger partial charge in [-0.15, -0.1) is 11.3 Å². The van der Waals surface area contributed by atoms with Crippen LogP contribution in [0.2, 0.25) is 0 Å². The Balaban J connectivity index is 1.76. The van der Waals surface area contributed by atoms with Gasteiger partial charge < -0.3 is 14.4 Å². The maximum Gasteiger partial charge on any atom is 0.308 e. The lowest BCUT2D eigenvalue weighted by atomic mass is 9.99. The number of thiophene rings is 1. The van der Waals surface area contributed by atoms with Gasteiger partial charge in [-0.05, 0) is 37.1 Å². The van der Waals surface area contributed by atoms with Gasteiger partial charge in [0.15, 0.2) is 0 Å². The predicted molar refractivity (Wildman–Crippen MR) is 83.0 cm³/mol. The van der Waals surface area contributed by atoms with Crippen LogP contribution in [0.15, 0.2) is 28.7 Å². The second-order valence-electron chi connectivity index (χ2n) is 5.71. The Morgan fingerprint density at radius 2 is 2.05 bits per heavy atom. The van der Waals surface area contributed by atoms with E-state index in [9.17, 15) is 9.59 Å². The summed E-state index contributed by atoms with van der Waals surface area (Å²) in [5.74, 6) is 0.147. The molecule has 22 heavy (non-hydrogen) atoms. The maximum atomic E-state index is 12.5. The number of nitrogens with zero attached hydrogens (tertiary/aromatic N) is 1. The summed E-state index contributed by atoms with van der Waals surface area (Å²) in [5, 5.41) is 9.16. The summed E-state index contributed by atoms with van der Waals surface area (Å²) in [7, 11) is 0. The van der Waals surface area contributed by atoms with E-state index in [0.29, 0.717) is 11.4 Å². The fourth-order valence-corrected chi connectivity index (χ4v) is 3.70. The quantitative estimate of drug-likeness (QED) is 0.943. The molecule has 0 aliphatic carbocycles. The van der Waals surface area contributed by atoms with E-state index in [2.05, 4.69) is 0 Å². The van der Waals surface area contributed by atoms with E-state index in [1.165, 1.54) is 11.3 Å². The normalized spacial score (nSPS) is 21.3. The van der Waals surface area contributed by atoms with Crippen LogP contribution < -0.4 is 0 Å². The number of carboxylic acids is 1. The Hall–Kier alpha value is -2.08. The first-order valence-electron chi connectivity index (χ1n) is 7.14. The molecular formula is C16H17NO4S. The van der Waals surface area contributed by atoms with Gasteiger partial charge >= 0.3 is 5.97 Å². The summed E-state index contributed by atoms with van der Waals surface area (Å²) < 4.78 is 5.56. The van der Waals surface area contributed by atoms with Crippen molar-refractivity contribution in [3.63, 3.8) is 0 Å². The van der Waals surface area contributed by atoms with Crippen molar-refractivity contribution >= 4 is 23.2 Å². The van der Waals surface area contributed by atoms with Gasteiger partial charge in [0.1, 0.15) is 11.5 Å². The number of likely N-dealkylation sites (tertiary alicyclic amines) is 1. The van der Waals surface area contributed by atoms with Crippen LogP contribution >= 0.6 is 11.3 Å². The van der Waals surface area contributed by atoms with E-state index in [0.717, 1.165) is 16.4 Å². The zero-order chi connectivity index (χ0) is 15.9. The first-order valence-corrected chi connectivity index (χ1v) is 7.96. The molecule has 1 amide bonds. The third-order valence-electron chi connectivity index (χ3n) is 4.02. The highest BCUT2D eigenvalue weighted by Crippen LogP contribution is 2.32. The summed E-state index contributed by atoms with van der Waals surface area (Å²) in [6, 6.07) is 7.41. The predicted octanol–water partition coefficient (Wildman–Crippen LogP) is 3.11. The maximum absolute atomic E-state index is 12.5. The minimum atomic E-state index is -0.833. The van der Waals surface area contributed by atoms with E-state index in [1.807, 2.05) is 32.0 Å². The highest BCUT2D eigenvalue weighted by Gasteiger charge is 2.37. The zero-order valence-corrected chi connectivity index (χ0v) is 13.2. The Bertz CT molecular complexity index is 717. The molecule has 2 aromatic heterocycles. The number of hydrogen-bond donors (Lipinski definition) is 1. The SMILES string of the molecule is Cc1ccc(-c2ccc(C(=O)N3C[C@@H](C)[C@H](C(=O)O)C3)s2)o1. The van der Waals surface area contributed by atoms with Crippen LogP contribution in [0.1, 0.15) is 22.4 Å². The third kappa shape index (κ3) is 2.66. The molecule has 3 heterocycles. The van der Waals surface area contributed by atoms with Crippen molar-refractivity contribution < 1.29 is 19.1 Å². The molecule has 0 aromatic carbocycles. The van der Waals surface area contributed by atoms with Crippen LogP contribution in [-0.4, -0.2) is 35.0 Å². The number of furan rings is 1. The van der Waals surface area contributed by atoms with Gasteiger partial charge in [0.05, 0.1) is 15.7 Å². The molecule has 0 unspecified atom stereocenters. The molecule has 0 saturated carbocycles. The number of carbonyl (C=O) groups is 2. The van der Waals surface area contributed by atoms with Gasteiger partial charge in [0, 0.05) is 13.1 Å². The minimum Gasteiger partial charge on any atom is -0.481 e.